The second-order valence-corrected chi connectivity index (χ2v) is 7.17. The van der Waals surface area contributed by atoms with Crippen molar-refractivity contribution in [3.05, 3.63) is 4.91 Å². The van der Waals surface area contributed by atoms with Gasteiger partial charge in [-0.15, -0.1) is 4.91 Å². The van der Waals surface area contributed by atoms with Crippen molar-refractivity contribution in [3.8, 4) is 0 Å². The summed E-state index contributed by atoms with van der Waals surface area (Å²) in [4.78, 5) is 23.0. The van der Waals surface area contributed by atoms with Crippen molar-refractivity contribution in [2.45, 2.75) is 66.5 Å². The van der Waals surface area contributed by atoms with Gasteiger partial charge in [-0.2, -0.15) is 0 Å². The molecule has 1 aliphatic heterocycles. The average Bonchev–Trinajstić information content (AvgIpc) is 2.13. The molecule has 0 amide bonds. The van der Waals surface area contributed by atoms with E-state index in [9.17, 15) is 9.70 Å². The molecule has 0 aliphatic carbocycles. The molecule has 0 bridgehead atoms. The summed E-state index contributed by atoms with van der Waals surface area (Å²) >= 11 is 0. The van der Waals surface area contributed by atoms with E-state index in [2.05, 4.69) is 5.29 Å². The molecule has 0 aromatic carbocycles. The van der Waals surface area contributed by atoms with Crippen LogP contribution in [0.25, 0.3) is 0 Å². The Bertz CT molecular complexity index is 286. The van der Waals surface area contributed by atoms with E-state index in [1.807, 2.05) is 41.5 Å². The van der Waals surface area contributed by atoms with Gasteiger partial charge in [0.1, 0.15) is 5.78 Å². The normalized spacial score (nSPS) is 27.2. The van der Waals surface area contributed by atoms with Crippen LogP contribution >= 0.6 is 0 Å². The highest BCUT2D eigenvalue weighted by atomic mass is 16.3. The zero-order valence-electron chi connectivity index (χ0n) is 11.8. The third-order valence-corrected chi connectivity index (χ3v) is 3.57. The first-order chi connectivity index (χ1) is 7.57. The molecule has 1 fully saturated rings. The summed E-state index contributed by atoms with van der Waals surface area (Å²) in [5.41, 5.74) is -0.235. The van der Waals surface area contributed by atoms with Gasteiger partial charge in [0, 0.05) is 12.8 Å². The molecule has 2 unspecified atom stereocenters. The number of carbonyl (C=O) groups excluding carboxylic acids is 1. The lowest BCUT2D eigenvalue weighted by atomic mass is 9.74. The van der Waals surface area contributed by atoms with E-state index in [4.69, 9.17) is 0 Å². The van der Waals surface area contributed by atoms with Crippen LogP contribution in [0.3, 0.4) is 0 Å². The Morgan fingerprint density at radius 2 is 1.35 bits per heavy atom. The molecule has 1 rings (SSSR count). The second-order valence-electron chi connectivity index (χ2n) is 7.17. The molecular formula is C13H24N2O2. The van der Waals surface area contributed by atoms with Crippen LogP contribution in [-0.2, 0) is 4.79 Å². The molecule has 2 atom stereocenters. The van der Waals surface area contributed by atoms with Gasteiger partial charge in [0.05, 0.1) is 17.4 Å². The Kier molecular flexibility index (Phi) is 3.65. The van der Waals surface area contributed by atoms with Gasteiger partial charge in [-0.1, -0.05) is 41.5 Å². The molecule has 1 saturated heterocycles. The average molecular weight is 240 g/mol. The minimum Gasteiger partial charge on any atom is -0.300 e. The van der Waals surface area contributed by atoms with Crippen molar-refractivity contribution >= 4 is 5.78 Å². The molecule has 4 heteroatoms. The number of rotatable bonds is 1. The van der Waals surface area contributed by atoms with Crippen LogP contribution in [0.15, 0.2) is 5.29 Å². The second kappa shape index (κ2) is 4.39. The topological polar surface area (TPSA) is 49.7 Å². The largest absolute Gasteiger partial charge is 0.300 e. The van der Waals surface area contributed by atoms with Gasteiger partial charge < -0.3 is 0 Å². The zero-order valence-corrected chi connectivity index (χ0v) is 11.8. The third kappa shape index (κ3) is 3.05. The number of nitroso groups, excluding NO2 is 1. The number of piperidine rings is 1. The van der Waals surface area contributed by atoms with Gasteiger partial charge in [-0.3, -0.25) is 9.80 Å². The zero-order chi connectivity index (χ0) is 13.4. The number of hydrogen-bond acceptors (Lipinski definition) is 3. The van der Waals surface area contributed by atoms with E-state index >= 15 is 0 Å². The van der Waals surface area contributed by atoms with Gasteiger partial charge in [0.25, 0.3) is 0 Å². The van der Waals surface area contributed by atoms with Crippen molar-refractivity contribution in [1.29, 1.82) is 0 Å². The van der Waals surface area contributed by atoms with Crippen molar-refractivity contribution < 1.29 is 4.79 Å². The van der Waals surface area contributed by atoms with E-state index in [-0.39, 0.29) is 28.7 Å². The lowest BCUT2D eigenvalue weighted by Crippen LogP contribution is -2.56. The Labute approximate surface area is 104 Å². The Balaban J connectivity index is 3.08. The van der Waals surface area contributed by atoms with E-state index in [1.165, 1.54) is 0 Å². The van der Waals surface area contributed by atoms with Crippen molar-refractivity contribution in [1.82, 2.24) is 5.01 Å². The smallest absolute Gasteiger partial charge is 0.137 e. The molecule has 98 valence electrons. The van der Waals surface area contributed by atoms with Crippen molar-refractivity contribution in [2.75, 3.05) is 0 Å². The number of ketones is 1. The van der Waals surface area contributed by atoms with Gasteiger partial charge in [-0.25, -0.2) is 0 Å². The van der Waals surface area contributed by atoms with Crippen LogP contribution in [-0.4, -0.2) is 22.9 Å². The summed E-state index contributed by atoms with van der Waals surface area (Å²) in [6.45, 7) is 12.3. The predicted molar refractivity (Wildman–Crippen MR) is 68.4 cm³/mol. The summed E-state index contributed by atoms with van der Waals surface area (Å²) < 4.78 is 0. The van der Waals surface area contributed by atoms with E-state index in [1.54, 1.807) is 5.01 Å². The highest BCUT2D eigenvalue weighted by Crippen LogP contribution is 2.39. The van der Waals surface area contributed by atoms with Gasteiger partial charge in [0.15, 0.2) is 0 Å². The first kappa shape index (κ1) is 14.1. The maximum absolute atomic E-state index is 11.9. The van der Waals surface area contributed by atoms with Crippen LogP contribution in [0.1, 0.15) is 54.4 Å². The minimum absolute atomic E-state index is 0.0922. The number of carbonyl (C=O) groups is 1. The standard InChI is InChI=1S/C13H24N2O2/c1-12(2,3)10-7-9(16)8-11(13(4,5)6)15(10)14-17/h10-11H,7-8H2,1-6H3. The summed E-state index contributed by atoms with van der Waals surface area (Å²) in [6.07, 6.45) is 0.865. The molecule has 1 aliphatic rings. The maximum Gasteiger partial charge on any atom is 0.137 e. The monoisotopic (exact) mass is 240 g/mol. The molecule has 1 heterocycles. The summed E-state index contributed by atoms with van der Waals surface area (Å²) in [5.74, 6) is 0.241. The summed E-state index contributed by atoms with van der Waals surface area (Å²) in [6, 6.07) is -0.184. The molecule has 0 N–H and O–H groups in total. The quantitative estimate of drug-likeness (QED) is 0.661. The highest BCUT2D eigenvalue weighted by molar-refractivity contribution is 5.80. The van der Waals surface area contributed by atoms with Gasteiger partial charge in [0.2, 0.25) is 0 Å². The Hall–Kier alpha value is -0.930. The molecule has 0 saturated carbocycles. The van der Waals surface area contributed by atoms with Crippen LogP contribution < -0.4 is 0 Å². The first-order valence-electron chi connectivity index (χ1n) is 6.20. The Morgan fingerprint density at radius 1 is 1.00 bits per heavy atom. The van der Waals surface area contributed by atoms with Crippen LogP contribution in [0.4, 0.5) is 0 Å². The number of Topliss-reactive ketones (excluding diaryl/α,β-unsaturated/α-hetero) is 1. The molecular weight excluding hydrogens is 216 g/mol. The fourth-order valence-corrected chi connectivity index (χ4v) is 2.44. The minimum atomic E-state index is -0.118. The van der Waals surface area contributed by atoms with Crippen LogP contribution in [0.2, 0.25) is 0 Å². The third-order valence-electron chi connectivity index (χ3n) is 3.57. The predicted octanol–water partition coefficient (Wildman–Crippen LogP) is 3.16. The maximum atomic E-state index is 11.9. The van der Waals surface area contributed by atoms with Crippen LogP contribution in [0, 0.1) is 15.7 Å². The van der Waals surface area contributed by atoms with Gasteiger partial charge in [-0.05, 0) is 10.8 Å². The lowest BCUT2D eigenvalue weighted by Gasteiger charge is -2.47. The summed E-state index contributed by atoms with van der Waals surface area (Å²) in [5, 5.41) is 4.84. The molecule has 0 radical (unpaired) electrons. The van der Waals surface area contributed by atoms with Crippen LogP contribution in [0.5, 0.6) is 0 Å². The fraction of sp³-hybridized carbons (Fsp3) is 0.923. The fourth-order valence-electron chi connectivity index (χ4n) is 2.44. The first-order valence-corrected chi connectivity index (χ1v) is 6.20. The highest BCUT2D eigenvalue weighted by Gasteiger charge is 2.45. The summed E-state index contributed by atoms with van der Waals surface area (Å²) in [7, 11) is 0. The lowest BCUT2D eigenvalue weighted by molar-refractivity contribution is -0.131. The SMILES string of the molecule is CC(C)(C)C1CC(=O)CC(C(C)(C)C)N1N=O. The van der Waals surface area contributed by atoms with Gasteiger partial charge >= 0.3 is 0 Å². The molecule has 0 aromatic heterocycles. The molecule has 4 nitrogen and oxygen atoms in total. The number of hydrogen-bond donors (Lipinski definition) is 0. The number of nitrogens with zero attached hydrogens (tertiary/aromatic N) is 2. The molecule has 0 aromatic rings. The molecule has 17 heavy (non-hydrogen) atoms. The van der Waals surface area contributed by atoms with E-state index < -0.39 is 0 Å². The van der Waals surface area contributed by atoms with E-state index in [0.29, 0.717) is 12.8 Å². The van der Waals surface area contributed by atoms with E-state index in [0.717, 1.165) is 0 Å². The van der Waals surface area contributed by atoms with Crippen molar-refractivity contribution in [3.63, 3.8) is 0 Å². The van der Waals surface area contributed by atoms with Crippen molar-refractivity contribution in [2.24, 2.45) is 16.1 Å². The Morgan fingerprint density at radius 3 is 1.59 bits per heavy atom. The molecule has 0 spiro atoms.